The fraction of sp³-hybridized carbons (Fsp3) is 0.400. The zero-order chi connectivity index (χ0) is 10.8. The third kappa shape index (κ3) is 2.77. The average molecular weight is 198 g/mol. The van der Waals surface area contributed by atoms with E-state index in [1.54, 1.807) is 12.1 Å². The molecule has 0 spiro atoms. The van der Waals surface area contributed by atoms with Crippen LogP contribution in [0.1, 0.15) is 12.5 Å². The van der Waals surface area contributed by atoms with Gasteiger partial charge >= 0.3 is 0 Å². The Balaban J connectivity index is 2.74. The summed E-state index contributed by atoms with van der Waals surface area (Å²) in [5.74, 6) is -0.301. The van der Waals surface area contributed by atoms with Crippen molar-refractivity contribution in [2.45, 2.75) is 25.1 Å². The van der Waals surface area contributed by atoms with Crippen LogP contribution in [0.4, 0.5) is 4.39 Å². The van der Waals surface area contributed by atoms with Crippen LogP contribution in [0.5, 0.6) is 0 Å². The molecule has 0 heterocycles. The van der Waals surface area contributed by atoms with Crippen molar-refractivity contribution in [2.24, 2.45) is 11.5 Å². The van der Waals surface area contributed by atoms with Gasteiger partial charge in [0.25, 0.3) is 0 Å². The largest absolute Gasteiger partial charge is 0.390 e. The van der Waals surface area contributed by atoms with E-state index in [0.29, 0.717) is 6.42 Å². The van der Waals surface area contributed by atoms with E-state index in [0.717, 1.165) is 5.56 Å². The number of hydrogen-bond donors (Lipinski definition) is 3. The van der Waals surface area contributed by atoms with Gasteiger partial charge in [0.2, 0.25) is 0 Å². The van der Waals surface area contributed by atoms with Crippen LogP contribution in [0.2, 0.25) is 0 Å². The molecule has 4 heteroatoms. The smallest absolute Gasteiger partial charge is 0.123 e. The molecule has 0 aliphatic carbocycles. The summed E-state index contributed by atoms with van der Waals surface area (Å²) in [6.07, 6.45) is -0.502. The Bertz CT molecular complexity index is 295. The number of aliphatic hydroxyl groups is 1. The first-order chi connectivity index (χ1) is 6.42. The van der Waals surface area contributed by atoms with Crippen LogP contribution in [0.15, 0.2) is 24.3 Å². The molecule has 0 saturated heterocycles. The van der Waals surface area contributed by atoms with Gasteiger partial charge in [-0.3, -0.25) is 0 Å². The topological polar surface area (TPSA) is 72.3 Å². The van der Waals surface area contributed by atoms with Crippen molar-refractivity contribution in [3.05, 3.63) is 35.6 Å². The second-order valence-corrected chi connectivity index (χ2v) is 3.59. The first kappa shape index (κ1) is 11.1. The lowest BCUT2D eigenvalue weighted by Gasteiger charge is -2.27. The molecule has 1 rings (SSSR count). The minimum atomic E-state index is -1.17. The summed E-state index contributed by atoms with van der Waals surface area (Å²) < 4.78 is 12.6. The van der Waals surface area contributed by atoms with E-state index >= 15 is 0 Å². The molecular weight excluding hydrogens is 183 g/mol. The lowest BCUT2D eigenvalue weighted by atomic mass is 9.97. The van der Waals surface area contributed by atoms with E-state index in [9.17, 15) is 9.50 Å². The summed E-state index contributed by atoms with van der Waals surface area (Å²) in [6.45, 7) is 1.53. The van der Waals surface area contributed by atoms with Gasteiger partial charge in [-0.1, -0.05) is 12.1 Å². The van der Waals surface area contributed by atoms with Gasteiger partial charge in [0.15, 0.2) is 0 Å². The van der Waals surface area contributed by atoms with Crippen molar-refractivity contribution >= 4 is 0 Å². The van der Waals surface area contributed by atoms with E-state index in [1.807, 2.05) is 0 Å². The Hall–Kier alpha value is -0.970. The summed E-state index contributed by atoms with van der Waals surface area (Å²) in [4.78, 5) is 0. The molecule has 1 unspecified atom stereocenters. The molecule has 78 valence electrons. The number of rotatable bonds is 3. The Kier molecular flexibility index (Phi) is 3.21. The first-order valence-corrected chi connectivity index (χ1v) is 4.42. The highest BCUT2D eigenvalue weighted by molar-refractivity contribution is 5.18. The molecule has 0 aliphatic rings. The normalized spacial score (nSPS) is 14.1. The Morgan fingerprint density at radius 1 is 1.36 bits per heavy atom. The molecule has 1 atom stereocenters. The van der Waals surface area contributed by atoms with Gasteiger partial charge < -0.3 is 16.6 Å². The van der Waals surface area contributed by atoms with E-state index in [1.165, 1.54) is 19.1 Å². The van der Waals surface area contributed by atoms with Crippen molar-refractivity contribution < 1.29 is 9.50 Å². The summed E-state index contributed by atoms with van der Waals surface area (Å²) in [5, 5.41) is 9.27. The SMILES string of the molecule is CC(O)C(N)(N)Cc1ccc(F)cc1. The molecule has 0 aliphatic heterocycles. The van der Waals surface area contributed by atoms with Crippen LogP contribution < -0.4 is 11.5 Å². The van der Waals surface area contributed by atoms with Crippen LogP contribution in [0, 0.1) is 5.82 Å². The van der Waals surface area contributed by atoms with E-state index in [2.05, 4.69) is 0 Å². The van der Waals surface area contributed by atoms with Crippen LogP contribution in [-0.2, 0) is 6.42 Å². The van der Waals surface area contributed by atoms with Gasteiger partial charge in [-0.25, -0.2) is 4.39 Å². The quantitative estimate of drug-likeness (QED) is 0.614. The molecule has 0 aromatic heterocycles. The standard InChI is InChI=1S/C10H15FN2O/c1-7(14)10(12,13)6-8-2-4-9(11)5-3-8/h2-5,7,14H,6,12-13H2,1H3. The third-order valence-corrected chi connectivity index (χ3v) is 2.20. The van der Waals surface area contributed by atoms with Gasteiger partial charge in [0.05, 0.1) is 11.8 Å². The van der Waals surface area contributed by atoms with E-state index in [4.69, 9.17) is 11.5 Å². The van der Waals surface area contributed by atoms with Crippen molar-refractivity contribution in [3.63, 3.8) is 0 Å². The summed E-state index contributed by atoms with van der Waals surface area (Å²) in [6, 6.07) is 5.89. The second kappa shape index (κ2) is 4.04. The molecule has 3 nitrogen and oxygen atoms in total. The number of hydrogen-bond acceptors (Lipinski definition) is 3. The summed E-state index contributed by atoms with van der Waals surface area (Å²) in [7, 11) is 0. The molecule has 5 N–H and O–H groups in total. The van der Waals surface area contributed by atoms with Gasteiger partial charge in [0.1, 0.15) is 5.82 Å². The number of benzene rings is 1. The van der Waals surface area contributed by atoms with E-state index in [-0.39, 0.29) is 5.82 Å². The van der Waals surface area contributed by atoms with Crippen molar-refractivity contribution in [1.82, 2.24) is 0 Å². The Labute approximate surface area is 82.5 Å². The maximum atomic E-state index is 12.6. The van der Waals surface area contributed by atoms with Crippen LogP contribution >= 0.6 is 0 Å². The zero-order valence-electron chi connectivity index (χ0n) is 8.07. The zero-order valence-corrected chi connectivity index (χ0v) is 8.07. The Morgan fingerprint density at radius 2 is 1.86 bits per heavy atom. The van der Waals surface area contributed by atoms with Crippen LogP contribution in [-0.4, -0.2) is 16.9 Å². The lowest BCUT2D eigenvalue weighted by molar-refractivity contribution is 0.104. The predicted octanol–water partition coefficient (Wildman–Crippen LogP) is 0.363. The molecule has 0 radical (unpaired) electrons. The van der Waals surface area contributed by atoms with E-state index < -0.39 is 11.8 Å². The molecule has 0 amide bonds. The molecule has 14 heavy (non-hydrogen) atoms. The highest BCUT2D eigenvalue weighted by atomic mass is 19.1. The molecule has 1 aromatic rings. The molecular formula is C10H15FN2O. The minimum Gasteiger partial charge on any atom is -0.390 e. The summed E-state index contributed by atoms with van der Waals surface area (Å²) >= 11 is 0. The van der Waals surface area contributed by atoms with Crippen molar-refractivity contribution in [3.8, 4) is 0 Å². The first-order valence-electron chi connectivity index (χ1n) is 4.42. The van der Waals surface area contributed by atoms with Gasteiger partial charge in [-0.2, -0.15) is 0 Å². The second-order valence-electron chi connectivity index (χ2n) is 3.59. The lowest BCUT2D eigenvalue weighted by Crippen LogP contribution is -2.59. The van der Waals surface area contributed by atoms with Crippen molar-refractivity contribution in [2.75, 3.05) is 0 Å². The molecule has 0 bridgehead atoms. The number of nitrogens with two attached hydrogens (primary N) is 2. The maximum Gasteiger partial charge on any atom is 0.123 e. The van der Waals surface area contributed by atoms with Gasteiger partial charge in [0, 0.05) is 6.42 Å². The molecule has 0 saturated carbocycles. The highest BCUT2D eigenvalue weighted by Gasteiger charge is 2.25. The Morgan fingerprint density at radius 3 is 2.29 bits per heavy atom. The van der Waals surface area contributed by atoms with Crippen LogP contribution in [0.25, 0.3) is 0 Å². The number of aliphatic hydroxyl groups excluding tert-OH is 1. The molecule has 0 fully saturated rings. The predicted molar refractivity (Wildman–Crippen MR) is 52.9 cm³/mol. The minimum absolute atomic E-state index is 0.301. The third-order valence-electron chi connectivity index (χ3n) is 2.20. The fourth-order valence-electron chi connectivity index (χ4n) is 1.10. The van der Waals surface area contributed by atoms with Gasteiger partial charge in [-0.05, 0) is 24.6 Å². The molecule has 1 aromatic carbocycles. The number of halogens is 1. The van der Waals surface area contributed by atoms with Crippen LogP contribution in [0.3, 0.4) is 0 Å². The monoisotopic (exact) mass is 198 g/mol. The maximum absolute atomic E-state index is 12.6. The average Bonchev–Trinajstić information content (AvgIpc) is 2.08. The van der Waals surface area contributed by atoms with Crippen molar-refractivity contribution in [1.29, 1.82) is 0 Å². The fourth-order valence-corrected chi connectivity index (χ4v) is 1.10. The highest BCUT2D eigenvalue weighted by Crippen LogP contribution is 2.10. The van der Waals surface area contributed by atoms with Gasteiger partial charge in [-0.15, -0.1) is 0 Å². The summed E-state index contributed by atoms with van der Waals surface area (Å²) in [5.41, 5.74) is 11.0.